The van der Waals surface area contributed by atoms with Gasteiger partial charge in [-0.1, -0.05) is 0 Å². The molecule has 0 saturated heterocycles. The Morgan fingerprint density at radius 2 is 2.23 bits per heavy atom. The maximum absolute atomic E-state index is 9.55. The van der Waals surface area contributed by atoms with Crippen molar-refractivity contribution in [3.05, 3.63) is 12.7 Å². The monoisotopic (exact) mass is 181 g/mol. The fraction of sp³-hybridized carbons (Fsp3) is 0.778. The largest absolute Gasteiger partial charge is 0.390 e. The fourth-order valence-corrected chi connectivity index (χ4v) is 1.47. The number of aromatic nitrogens is 3. The van der Waals surface area contributed by atoms with Crippen molar-refractivity contribution in [3.8, 4) is 0 Å². The Bertz CT molecular complexity index is 254. The Morgan fingerprint density at radius 1 is 1.38 bits per heavy atom. The second kappa shape index (κ2) is 3.46. The molecule has 4 nitrogen and oxygen atoms in total. The number of unbranched alkanes of at least 4 members (excludes halogenated alkanes) is 1. The van der Waals surface area contributed by atoms with Crippen LogP contribution in [0.25, 0.3) is 0 Å². The zero-order valence-electron chi connectivity index (χ0n) is 7.69. The SMILES string of the molecule is OC1(CCCCn2cncn2)CC1. The topological polar surface area (TPSA) is 50.9 Å². The van der Waals surface area contributed by atoms with E-state index in [1.807, 2.05) is 4.68 Å². The van der Waals surface area contributed by atoms with Crippen LogP contribution in [0.3, 0.4) is 0 Å². The van der Waals surface area contributed by atoms with Crippen molar-refractivity contribution in [1.29, 1.82) is 0 Å². The van der Waals surface area contributed by atoms with E-state index in [2.05, 4.69) is 10.1 Å². The lowest BCUT2D eigenvalue weighted by Gasteiger charge is -2.06. The lowest BCUT2D eigenvalue weighted by Crippen LogP contribution is -2.07. The molecule has 0 spiro atoms. The van der Waals surface area contributed by atoms with E-state index in [1.165, 1.54) is 0 Å². The fourth-order valence-electron chi connectivity index (χ4n) is 1.47. The van der Waals surface area contributed by atoms with E-state index < -0.39 is 0 Å². The molecule has 1 saturated carbocycles. The van der Waals surface area contributed by atoms with Gasteiger partial charge in [-0.15, -0.1) is 0 Å². The van der Waals surface area contributed by atoms with Gasteiger partial charge in [-0.25, -0.2) is 4.98 Å². The number of nitrogens with zero attached hydrogens (tertiary/aromatic N) is 3. The average molecular weight is 181 g/mol. The van der Waals surface area contributed by atoms with Crippen LogP contribution < -0.4 is 0 Å². The molecule has 0 aliphatic heterocycles. The van der Waals surface area contributed by atoms with Crippen molar-refractivity contribution < 1.29 is 5.11 Å². The Morgan fingerprint density at radius 3 is 2.85 bits per heavy atom. The molecule has 1 fully saturated rings. The summed E-state index contributed by atoms with van der Waals surface area (Å²) in [5.41, 5.74) is -0.289. The van der Waals surface area contributed by atoms with Gasteiger partial charge in [-0.3, -0.25) is 4.68 Å². The molecule has 13 heavy (non-hydrogen) atoms. The Labute approximate surface area is 77.6 Å². The first kappa shape index (κ1) is 8.69. The molecule has 2 rings (SSSR count). The van der Waals surface area contributed by atoms with Crippen LogP contribution in [0.15, 0.2) is 12.7 Å². The summed E-state index contributed by atoms with van der Waals surface area (Å²) in [5, 5.41) is 13.6. The van der Waals surface area contributed by atoms with Gasteiger partial charge in [0.05, 0.1) is 5.60 Å². The zero-order chi connectivity index (χ0) is 9.15. The summed E-state index contributed by atoms with van der Waals surface area (Å²) in [6, 6.07) is 0. The highest BCUT2D eigenvalue weighted by Crippen LogP contribution is 2.39. The van der Waals surface area contributed by atoms with Gasteiger partial charge in [0.15, 0.2) is 0 Å². The molecule has 0 aromatic carbocycles. The Balaban J connectivity index is 1.59. The standard InChI is InChI=1S/C9H15N3O/c13-9(4-5-9)3-1-2-6-12-8-10-7-11-12/h7-8,13H,1-6H2. The summed E-state index contributed by atoms with van der Waals surface area (Å²) in [6.45, 7) is 0.913. The van der Waals surface area contributed by atoms with E-state index in [0.29, 0.717) is 0 Å². The summed E-state index contributed by atoms with van der Waals surface area (Å²) in [7, 11) is 0. The first-order valence-electron chi connectivity index (χ1n) is 4.83. The number of aliphatic hydroxyl groups is 1. The van der Waals surface area contributed by atoms with Gasteiger partial charge in [0.1, 0.15) is 12.7 Å². The van der Waals surface area contributed by atoms with E-state index in [0.717, 1.165) is 38.6 Å². The van der Waals surface area contributed by atoms with Crippen molar-refractivity contribution in [1.82, 2.24) is 14.8 Å². The summed E-state index contributed by atoms with van der Waals surface area (Å²) in [4.78, 5) is 3.86. The molecule has 0 bridgehead atoms. The smallest absolute Gasteiger partial charge is 0.137 e. The molecule has 0 amide bonds. The maximum atomic E-state index is 9.55. The van der Waals surface area contributed by atoms with Crippen molar-refractivity contribution in [2.75, 3.05) is 0 Å². The quantitative estimate of drug-likeness (QED) is 0.689. The van der Waals surface area contributed by atoms with Crippen LogP contribution in [0, 0.1) is 0 Å². The Kier molecular flexibility index (Phi) is 2.31. The summed E-state index contributed by atoms with van der Waals surface area (Å²) in [5.74, 6) is 0. The van der Waals surface area contributed by atoms with E-state index in [-0.39, 0.29) is 5.60 Å². The molecular formula is C9H15N3O. The van der Waals surface area contributed by atoms with Crippen LogP contribution in [0.5, 0.6) is 0 Å². The van der Waals surface area contributed by atoms with Crippen molar-refractivity contribution in [2.24, 2.45) is 0 Å². The second-order valence-electron chi connectivity index (χ2n) is 3.84. The highest BCUT2D eigenvalue weighted by Gasteiger charge is 2.39. The third-order valence-electron chi connectivity index (χ3n) is 2.57. The summed E-state index contributed by atoms with van der Waals surface area (Å²) >= 11 is 0. The minimum atomic E-state index is -0.289. The molecule has 1 heterocycles. The number of aryl methyl sites for hydroxylation is 1. The highest BCUT2D eigenvalue weighted by atomic mass is 16.3. The van der Waals surface area contributed by atoms with Crippen molar-refractivity contribution in [2.45, 2.75) is 44.2 Å². The van der Waals surface area contributed by atoms with Gasteiger partial charge in [0, 0.05) is 6.54 Å². The molecule has 0 atom stereocenters. The van der Waals surface area contributed by atoms with Crippen LogP contribution in [0.1, 0.15) is 32.1 Å². The first-order chi connectivity index (χ1) is 6.29. The molecular weight excluding hydrogens is 166 g/mol. The van der Waals surface area contributed by atoms with Crippen LogP contribution in [0.2, 0.25) is 0 Å². The van der Waals surface area contributed by atoms with Gasteiger partial charge in [0.25, 0.3) is 0 Å². The van der Waals surface area contributed by atoms with E-state index in [9.17, 15) is 5.11 Å². The lowest BCUT2D eigenvalue weighted by molar-refractivity contribution is 0.136. The third kappa shape index (κ3) is 2.52. The molecule has 4 heteroatoms. The molecule has 1 aliphatic rings. The molecule has 0 unspecified atom stereocenters. The molecule has 1 aliphatic carbocycles. The molecule has 1 N–H and O–H groups in total. The number of rotatable bonds is 5. The zero-order valence-corrected chi connectivity index (χ0v) is 7.69. The van der Waals surface area contributed by atoms with Gasteiger partial charge in [0.2, 0.25) is 0 Å². The van der Waals surface area contributed by atoms with Crippen molar-refractivity contribution >= 4 is 0 Å². The van der Waals surface area contributed by atoms with Gasteiger partial charge in [-0.05, 0) is 32.1 Å². The van der Waals surface area contributed by atoms with Crippen LogP contribution >= 0.6 is 0 Å². The normalized spacial score (nSPS) is 18.8. The predicted molar refractivity (Wildman–Crippen MR) is 48.1 cm³/mol. The van der Waals surface area contributed by atoms with Gasteiger partial charge >= 0.3 is 0 Å². The number of hydrogen-bond acceptors (Lipinski definition) is 3. The van der Waals surface area contributed by atoms with E-state index in [1.54, 1.807) is 12.7 Å². The van der Waals surface area contributed by atoms with Gasteiger partial charge in [-0.2, -0.15) is 5.10 Å². The molecule has 0 radical (unpaired) electrons. The number of hydrogen-bond donors (Lipinski definition) is 1. The van der Waals surface area contributed by atoms with Crippen molar-refractivity contribution in [3.63, 3.8) is 0 Å². The van der Waals surface area contributed by atoms with Gasteiger partial charge < -0.3 is 5.11 Å². The molecule has 1 aromatic rings. The first-order valence-corrected chi connectivity index (χ1v) is 4.83. The summed E-state index contributed by atoms with van der Waals surface area (Å²) < 4.78 is 1.83. The highest BCUT2D eigenvalue weighted by molar-refractivity contribution is 4.92. The summed E-state index contributed by atoms with van der Waals surface area (Å²) in [6.07, 6.45) is 8.37. The third-order valence-corrected chi connectivity index (χ3v) is 2.57. The second-order valence-corrected chi connectivity index (χ2v) is 3.84. The molecule has 72 valence electrons. The van der Waals surface area contributed by atoms with Crippen LogP contribution in [0.4, 0.5) is 0 Å². The van der Waals surface area contributed by atoms with E-state index >= 15 is 0 Å². The lowest BCUT2D eigenvalue weighted by atomic mass is 10.1. The minimum Gasteiger partial charge on any atom is -0.390 e. The van der Waals surface area contributed by atoms with Crippen LogP contribution in [-0.4, -0.2) is 25.5 Å². The maximum Gasteiger partial charge on any atom is 0.137 e. The molecule has 1 aromatic heterocycles. The average Bonchev–Trinajstić information content (AvgIpc) is 2.69. The van der Waals surface area contributed by atoms with Crippen LogP contribution in [-0.2, 0) is 6.54 Å². The predicted octanol–water partition coefficient (Wildman–Crippen LogP) is 0.973. The minimum absolute atomic E-state index is 0.289. The Hall–Kier alpha value is -0.900. The van der Waals surface area contributed by atoms with E-state index in [4.69, 9.17) is 0 Å².